The Balaban J connectivity index is 1.88. The largest absolute Gasteiger partial charge is 0.387 e. The number of aliphatic hydroxyl groups excluding tert-OH is 1. The van der Waals surface area contributed by atoms with Gasteiger partial charge in [-0.05, 0) is 31.0 Å². The van der Waals surface area contributed by atoms with Gasteiger partial charge in [0.05, 0.1) is 12.3 Å². The van der Waals surface area contributed by atoms with Crippen LogP contribution in [0, 0.1) is 12.7 Å². The second-order valence-electron chi connectivity index (χ2n) is 4.88. The predicted octanol–water partition coefficient (Wildman–Crippen LogP) is 1.10. The summed E-state index contributed by atoms with van der Waals surface area (Å²) in [6.45, 7) is 3.58. The number of benzene rings is 1. The van der Waals surface area contributed by atoms with Crippen LogP contribution in [0.4, 0.5) is 4.39 Å². The highest BCUT2D eigenvalue weighted by Gasteiger charge is 2.09. The Morgan fingerprint density at radius 2 is 2.29 bits per heavy atom. The van der Waals surface area contributed by atoms with Crippen molar-refractivity contribution >= 4 is 5.91 Å². The van der Waals surface area contributed by atoms with E-state index in [2.05, 4.69) is 15.6 Å². The van der Waals surface area contributed by atoms with E-state index in [0.717, 1.165) is 5.56 Å². The van der Waals surface area contributed by atoms with Gasteiger partial charge in [-0.3, -0.25) is 4.79 Å². The Morgan fingerprint density at radius 1 is 1.52 bits per heavy atom. The lowest BCUT2D eigenvalue weighted by Gasteiger charge is -2.06. The molecule has 1 aromatic carbocycles. The van der Waals surface area contributed by atoms with Crippen LogP contribution in [0.1, 0.15) is 29.8 Å². The van der Waals surface area contributed by atoms with E-state index in [1.54, 1.807) is 26.0 Å². The first-order valence-corrected chi connectivity index (χ1v) is 6.55. The fourth-order valence-electron chi connectivity index (χ4n) is 1.80. The Morgan fingerprint density at radius 3 is 2.90 bits per heavy atom. The van der Waals surface area contributed by atoms with E-state index in [1.807, 2.05) is 0 Å². The van der Waals surface area contributed by atoms with Gasteiger partial charge >= 0.3 is 0 Å². The van der Waals surface area contributed by atoms with Gasteiger partial charge in [0.2, 0.25) is 5.91 Å². The highest BCUT2D eigenvalue weighted by Crippen LogP contribution is 2.09. The van der Waals surface area contributed by atoms with E-state index < -0.39 is 6.10 Å². The summed E-state index contributed by atoms with van der Waals surface area (Å²) in [4.78, 5) is 11.8. The van der Waals surface area contributed by atoms with Crippen LogP contribution in [-0.2, 0) is 17.9 Å². The van der Waals surface area contributed by atoms with Crippen molar-refractivity contribution in [2.45, 2.75) is 33.0 Å². The molecule has 0 saturated carbocycles. The third kappa shape index (κ3) is 4.09. The van der Waals surface area contributed by atoms with Crippen LogP contribution in [0.25, 0.3) is 0 Å². The number of amides is 1. The SMILES string of the molecule is Cc1cc(CNC(=O)Cn2cc(C(C)O)nn2)ccc1F. The lowest BCUT2D eigenvalue weighted by Crippen LogP contribution is -2.27. The molecule has 2 rings (SSSR count). The molecule has 112 valence electrons. The molecule has 0 aliphatic carbocycles. The summed E-state index contributed by atoms with van der Waals surface area (Å²) < 4.78 is 14.5. The normalized spacial score (nSPS) is 12.2. The average molecular weight is 292 g/mol. The van der Waals surface area contributed by atoms with Crippen LogP contribution >= 0.6 is 0 Å². The molecule has 1 heterocycles. The molecular weight excluding hydrogens is 275 g/mol. The molecule has 0 radical (unpaired) electrons. The van der Waals surface area contributed by atoms with E-state index in [4.69, 9.17) is 0 Å². The maximum atomic E-state index is 13.1. The Bertz CT molecular complexity index is 640. The molecule has 0 fully saturated rings. The number of hydrogen-bond donors (Lipinski definition) is 2. The van der Waals surface area contributed by atoms with Gasteiger partial charge in [0.15, 0.2) is 0 Å². The fourth-order valence-corrected chi connectivity index (χ4v) is 1.80. The summed E-state index contributed by atoms with van der Waals surface area (Å²) in [6.07, 6.45) is 0.802. The summed E-state index contributed by atoms with van der Waals surface area (Å²) >= 11 is 0. The van der Waals surface area contributed by atoms with Crippen LogP contribution in [-0.4, -0.2) is 26.0 Å². The van der Waals surface area contributed by atoms with E-state index >= 15 is 0 Å². The van der Waals surface area contributed by atoms with Gasteiger partial charge in [-0.25, -0.2) is 9.07 Å². The molecule has 1 atom stereocenters. The summed E-state index contributed by atoms with van der Waals surface area (Å²) in [6, 6.07) is 4.70. The molecule has 0 spiro atoms. The number of aliphatic hydroxyl groups is 1. The van der Waals surface area contributed by atoms with Crippen molar-refractivity contribution in [3.8, 4) is 0 Å². The number of carbonyl (C=O) groups is 1. The molecule has 1 amide bonds. The number of halogens is 1. The van der Waals surface area contributed by atoms with Crippen molar-refractivity contribution in [2.24, 2.45) is 0 Å². The smallest absolute Gasteiger partial charge is 0.242 e. The molecule has 1 aromatic heterocycles. The minimum atomic E-state index is -0.719. The molecule has 2 N–H and O–H groups in total. The molecule has 7 heteroatoms. The van der Waals surface area contributed by atoms with Crippen LogP contribution in [0.15, 0.2) is 24.4 Å². The van der Waals surface area contributed by atoms with Crippen molar-refractivity contribution in [3.05, 3.63) is 47.0 Å². The number of aryl methyl sites for hydroxylation is 1. The number of aromatic nitrogens is 3. The first-order valence-electron chi connectivity index (χ1n) is 6.55. The summed E-state index contributed by atoms with van der Waals surface area (Å²) in [5.74, 6) is -0.502. The first-order chi connectivity index (χ1) is 9.95. The quantitative estimate of drug-likeness (QED) is 0.864. The number of carbonyl (C=O) groups excluding carboxylic acids is 1. The minimum Gasteiger partial charge on any atom is -0.387 e. The van der Waals surface area contributed by atoms with E-state index in [-0.39, 0.29) is 18.3 Å². The zero-order chi connectivity index (χ0) is 15.4. The monoisotopic (exact) mass is 292 g/mol. The van der Waals surface area contributed by atoms with Gasteiger partial charge in [-0.1, -0.05) is 17.3 Å². The number of hydrogen-bond acceptors (Lipinski definition) is 4. The topological polar surface area (TPSA) is 80.0 Å². The van der Waals surface area contributed by atoms with Gasteiger partial charge < -0.3 is 10.4 Å². The molecule has 0 bridgehead atoms. The van der Waals surface area contributed by atoms with Crippen molar-refractivity contribution in [1.82, 2.24) is 20.3 Å². The second kappa shape index (κ2) is 6.45. The summed E-state index contributed by atoms with van der Waals surface area (Å²) in [5, 5.41) is 19.5. The highest BCUT2D eigenvalue weighted by molar-refractivity contribution is 5.75. The molecule has 2 aromatic rings. The third-order valence-electron chi connectivity index (χ3n) is 3.00. The summed E-state index contributed by atoms with van der Waals surface area (Å²) in [5.41, 5.74) is 1.78. The second-order valence-corrected chi connectivity index (χ2v) is 4.88. The van der Waals surface area contributed by atoms with Gasteiger partial charge in [-0.2, -0.15) is 0 Å². The lowest BCUT2D eigenvalue weighted by atomic mass is 10.1. The van der Waals surface area contributed by atoms with Crippen LogP contribution in [0.3, 0.4) is 0 Å². The van der Waals surface area contributed by atoms with Gasteiger partial charge in [0.25, 0.3) is 0 Å². The maximum Gasteiger partial charge on any atom is 0.242 e. The predicted molar refractivity (Wildman–Crippen MR) is 73.6 cm³/mol. The van der Waals surface area contributed by atoms with Crippen molar-refractivity contribution in [2.75, 3.05) is 0 Å². The van der Waals surface area contributed by atoms with Crippen molar-refractivity contribution in [1.29, 1.82) is 0 Å². The molecule has 6 nitrogen and oxygen atoms in total. The fraction of sp³-hybridized carbons (Fsp3) is 0.357. The van der Waals surface area contributed by atoms with Gasteiger partial charge in [-0.15, -0.1) is 5.10 Å². The first kappa shape index (κ1) is 15.1. The minimum absolute atomic E-state index is 0.0138. The van der Waals surface area contributed by atoms with Crippen LogP contribution < -0.4 is 5.32 Å². The molecule has 21 heavy (non-hydrogen) atoms. The van der Waals surface area contributed by atoms with E-state index in [1.165, 1.54) is 16.9 Å². The van der Waals surface area contributed by atoms with E-state index in [0.29, 0.717) is 17.8 Å². The number of rotatable bonds is 5. The lowest BCUT2D eigenvalue weighted by molar-refractivity contribution is -0.122. The molecule has 0 aliphatic heterocycles. The highest BCUT2D eigenvalue weighted by atomic mass is 19.1. The van der Waals surface area contributed by atoms with E-state index in [9.17, 15) is 14.3 Å². The van der Waals surface area contributed by atoms with Crippen molar-refractivity contribution < 1.29 is 14.3 Å². The third-order valence-corrected chi connectivity index (χ3v) is 3.00. The molecular formula is C14H17FN4O2. The zero-order valence-corrected chi connectivity index (χ0v) is 11.9. The summed E-state index contributed by atoms with van der Waals surface area (Å²) in [7, 11) is 0. The van der Waals surface area contributed by atoms with Gasteiger partial charge in [0.1, 0.15) is 18.1 Å². The molecule has 0 aliphatic rings. The van der Waals surface area contributed by atoms with Crippen LogP contribution in [0.5, 0.6) is 0 Å². The molecule has 1 unspecified atom stereocenters. The number of nitrogens with zero attached hydrogens (tertiary/aromatic N) is 3. The standard InChI is InChI=1S/C14H17FN4O2/c1-9-5-11(3-4-12(9)15)6-16-14(21)8-19-7-13(10(2)20)17-18-19/h3-5,7,10,20H,6,8H2,1-2H3,(H,16,21). The Kier molecular flexibility index (Phi) is 4.64. The van der Waals surface area contributed by atoms with Crippen molar-refractivity contribution in [3.63, 3.8) is 0 Å². The van der Waals surface area contributed by atoms with Crippen LogP contribution in [0.2, 0.25) is 0 Å². The maximum absolute atomic E-state index is 13.1. The Hall–Kier alpha value is -2.28. The molecule has 0 saturated heterocycles. The van der Waals surface area contributed by atoms with Gasteiger partial charge in [0, 0.05) is 6.54 Å². The zero-order valence-electron chi connectivity index (χ0n) is 11.9. The Labute approximate surface area is 121 Å². The number of nitrogens with one attached hydrogen (secondary N) is 1. The average Bonchev–Trinajstić information content (AvgIpc) is 2.89.